The van der Waals surface area contributed by atoms with E-state index in [-0.39, 0.29) is 21.9 Å². The highest BCUT2D eigenvalue weighted by Gasteiger charge is 2.16. The second kappa shape index (κ2) is 4.86. The molecule has 0 amide bonds. The number of hydrogen-bond acceptors (Lipinski definition) is 5. The molecule has 0 spiro atoms. The maximum atomic E-state index is 12.5. The van der Waals surface area contributed by atoms with E-state index in [1.54, 1.807) is 6.07 Å². The Bertz CT molecular complexity index is 1290. The van der Waals surface area contributed by atoms with Crippen molar-refractivity contribution in [3.63, 3.8) is 0 Å². The van der Waals surface area contributed by atoms with Crippen LogP contribution in [0.25, 0.3) is 22.1 Å². The highest BCUT2D eigenvalue weighted by atomic mass is 32.2. The Morgan fingerprint density at radius 2 is 1.62 bits per heavy atom. The van der Waals surface area contributed by atoms with Gasteiger partial charge in [0.1, 0.15) is 0 Å². The summed E-state index contributed by atoms with van der Waals surface area (Å²) in [6, 6.07) is 8.67. The van der Waals surface area contributed by atoms with Crippen LogP contribution in [0.1, 0.15) is 0 Å². The topological polar surface area (TPSA) is 141 Å². The predicted octanol–water partition coefficient (Wildman–Crippen LogP) is 1.09. The molecule has 0 aliphatic rings. The summed E-state index contributed by atoms with van der Waals surface area (Å²) in [5.74, 6) is -0.658. The van der Waals surface area contributed by atoms with Crippen molar-refractivity contribution in [1.82, 2.24) is 15.0 Å². The highest BCUT2D eigenvalue weighted by Crippen LogP contribution is 2.21. The second-order valence-corrected chi connectivity index (χ2v) is 6.80. The van der Waals surface area contributed by atoms with Gasteiger partial charge in [0, 0.05) is 6.07 Å². The van der Waals surface area contributed by atoms with Crippen LogP contribution < -0.4 is 16.2 Å². The largest absolute Gasteiger partial charge is 0.417 e. The molecule has 0 radical (unpaired) electrons. The van der Waals surface area contributed by atoms with Crippen LogP contribution in [0.2, 0.25) is 0 Å². The van der Waals surface area contributed by atoms with Crippen molar-refractivity contribution in [2.45, 2.75) is 4.90 Å². The summed E-state index contributed by atoms with van der Waals surface area (Å²) in [6.07, 6.45) is 0. The van der Waals surface area contributed by atoms with E-state index in [1.807, 2.05) is 0 Å². The molecule has 2 heterocycles. The number of anilines is 1. The third-order valence-corrected chi connectivity index (χ3v) is 4.85. The molecule has 0 saturated heterocycles. The fourth-order valence-corrected chi connectivity index (χ4v) is 3.47. The first kappa shape index (κ1) is 14.3. The van der Waals surface area contributed by atoms with Crippen LogP contribution in [0.4, 0.5) is 5.69 Å². The molecular formula is C14H10N4O5S. The van der Waals surface area contributed by atoms with E-state index in [4.69, 9.17) is 4.42 Å². The standard InChI is InChI=1S/C14H10N4O5S/c19-13-15-9-3-1-7(5-11(9)16-13)18-24(21,22)8-2-4-10-12(6-8)23-14(20)17-10/h1-6,18H,(H,17,20)(H2,15,16,19). The first-order valence-corrected chi connectivity index (χ1v) is 8.27. The van der Waals surface area contributed by atoms with Crippen molar-refractivity contribution < 1.29 is 12.8 Å². The molecule has 4 aromatic rings. The minimum Gasteiger partial charge on any atom is -0.408 e. The summed E-state index contributed by atoms with van der Waals surface area (Å²) in [5, 5.41) is 0. The lowest BCUT2D eigenvalue weighted by molar-refractivity contribution is 0.554. The maximum Gasteiger partial charge on any atom is 0.417 e. The van der Waals surface area contributed by atoms with Crippen LogP contribution in [0.15, 0.2) is 55.3 Å². The fourth-order valence-electron chi connectivity index (χ4n) is 2.40. The zero-order valence-corrected chi connectivity index (χ0v) is 12.7. The van der Waals surface area contributed by atoms with E-state index in [0.29, 0.717) is 16.6 Å². The number of H-pyrrole nitrogens is 3. The van der Waals surface area contributed by atoms with E-state index >= 15 is 0 Å². The highest BCUT2D eigenvalue weighted by molar-refractivity contribution is 7.92. The molecule has 0 atom stereocenters. The lowest BCUT2D eigenvalue weighted by Gasteiger charge is -2.08. The van der Waals surface area contributed by atoms with Crippen molar-refractivity contribution in [3.05, 3.63) is 57.4 Å². The molecule has 0 saturated carbocycles. The number of oxazole rings is 1. The molecule has 122 valence electrons. The Balaban J connectivity index is 1.74. The Morgan fingerprint density at radius 1 is 0.875 bits per heavy atom. The zero-order chi connectivity index (χ0) is 16.9. The molecule has 0 unspecified atom stereocenters. The molecule has 10 heteroatoms. The van der Waals surface area contributed by atoms with E-state index in [0.717, 1.165) is 0 Å². The van der Waals surface area contributed by atoms with Crippen LogP contribution in [0.5, 0.6) is 0 Å². The average Bonchev–Trinajstić information content (AvgIpc) is 3.05. The average molecular weight is 346 g/mol. The number of aromatic amines is 3. The molecule has 0 fully saturated rings. The number of rotatable bonds is 3. The Morgan fingerprint density at radius 3 is 2.46 bits per heavy atom. The molecular weight excluding hydrogens is 336 g/mol. The summed E-state index contributed by atoms with van der Waals surface area (Å²) in [7, 11) is -3.89. The number of fused-ring (bicyclic) bond motifs is 2. The lowest BCUT2D eigenvalue weighted by atomic mass is 10.3. The first-order valence-electron chi connectivity index (χ1n) is 6.78. The van der Waals surface area contributed by atoms with Crippen molar-refractivity contribution in [1.29, 1.82) is 0 Å². The monoisotopic (exact) mass is 346 g/mol. The van der Waals surface area contributed by atoms with Crippen LogP contribution in [-0.4, -0.2) is 23.4 Å². The van der Waals surface area contributed by atoms with Gasteiger partial charge in [-0.2, -0.15) is 0 Å². The molecule has 0 aliphatic heterocycles. The van der Waals surface area contributed by atoms with Crippen LogP contribution in [-0.2, 0) is 10.0 Å². The minimum absolute atomic E-state index is 0.0552. The molecule has 2 aromatic heterocycles. The van der Waals surface area contributed by atoms with Gasteiger partial charge in [-0.1, -0.05) is 0 Å². The van der Waals surface area contributed by atoms with E-state index < -0.39 is 15.8 Å². The number of benzene rings is 2. The third kappa shape index (κ3) is 2.38. The third-order valence-electron chi connectivity index (χ3n) is 3.47. The smallest absolute Gasteiger partial charge is 0.408 e. The van der Waals surface area contributed by atoms with Gasteiger partial charge in [0.05, 0.1) is 27.1 Å². The number of aromatic nitrogens is 3. The number of sulfonamides is 1. The van der Waals surface area contributed by atoms with Crippen molar-refractivity contribution in [2.24, 2.45) is 0 Å². The molecule has 24 heavy (non-hydrogen) atoms. The number of hydrogen-bond donors (Lipinski definition) is 4. The van der Waals surface area contributed by atoms with Gasteiger partial charge in [-0.15, -0.1) is 0 Å². The van der Waals surface area contributed by atoms with Crippen LogP contribution in [0.3, 0.4) is 0 Å². The summed E-state index contributed by atoms with van der Waals surface area (Å²) in [6.45, 7) is 0. The Hall–Kier alpha value is -3.27. The molecule has 4 N–H and O–H groups in total. The van der Waals surface area contributed by atoms with Crippen molar-refractivity contribution in [3.8, 4) is 0 Å². The number of nitrogens with one attached hydrogen (secondary N) is 4. The van der Waals surface area contributed by atoms with Crippen molar-refractivity contribution in [2.75, 3.05) is 4.72 Å². The van der Waals surface area contributed by atoms with Gasteiger partial charge >= 0.3 is 11.4 Å². The van der Waals surface area contributed by atoms with Gasteiger partial charge in [0.15, 0.2) is 5.58 Å². The number of imidazole rings is 1. The lowest BCUT2D eigenvalue weighted by Crippen LogP contribution is -2.12. The van der Waals surface area contributed by atoms with Crippen LogP contribution in [0, 0.1) is 0 Å². The van der Waals surface area contributed by atoms with Gasteiger partial charge < -0.3 is 14.4 Å². The summed E-state index contributed by atoms with van der Waals surface area (Å²) in [4.78, 5) is 29.9. The summed E-state index contributed by atoms with van der Waals surface area (Å²) < 4.78 is 32.2. The fraction of sp³-hybridized carbons (Fsp3) is 0. The normalized spacial score (nSPS) is 12.0. The Kier molecular flexibility index (Phi) is 2.90. The zero-order valence-electron chi connectivity index (χ0n) is 11.9. The summed E-state index contributed by atoms with van der Waals surface area (Å²) >= 11 is 0. The molecule has 2 aromatic carbocycles. The van der Waals surface area contributed by atoms with Gasteiger partial charge in [-0.25, -0.2) is 18.0 Å². The van der Waals surface area contributed by atoms with Crippen molar-refractivity contribution >= 4 is 37.8 Å². The maximum absolute atomic E-state index is 12.5. The van der Waals surface area contributed by atoms with E-state index in [2.05, 4.69) is 19.7 Å². The quantitative estimate of drug-likeness (QED) is 0.439. The molecule has 0 aliphatic carbocycles. The van der Waals surface area contributed by atoms with Gasteiger partial charge in [0.25, 0.3) is 10.0 Å². The van der Waals surface area contributed by atoms with E-state index in [9.17, 15) is 18.0 Å². The molecule has 9 nitrogen and oxygen atoms in total. The minimum atomic E-state index is -3.89. The van der Waals surface area contributed by atoms with Gasteiger partial charge in [-0.05, 0) is 30.3 Å². The molecule has 4 rings (SSSR count). The Labute approximate surface area is 133 Å². The molecule has 0 bridgehead atoms. The predicted molar refractivity (Wildman–Crippen MR) is 86.6 cm³/mol. The van der Waals surface area contributed by atoms with Crippen LogP contribution >= 0.6 is 0 Å². The first-order chi connectivity index (χ1) is 11.4. The van der Waals surface area contributed by atoms with E-state index in [1.165, 1.54) is 30.3 Å². The SMILES string of the molecule is O=c1[nH]c2ccc(NS(=O)(=O)c3ccc4[nH]c(=O)oc4c3)cc2[nH]1. The summed E-state index contributed by atoms with van der Waals surface area (Å²) in [5.41, 5.74) is 1.51. The van der Waals surface area contributed by atoms with Gasteiger partial charge in [-0.3, -0.25) is 9.71 Å². The second-order valence-electron chi connectivity index (χ2n) is 5.12. The van der Waals surface area contributed by atoms with Gasteiger partial charge in [0.2, 0.25) is 0 Å².